The molecule has 0 spiro atoms. The molecule has 3 N–H and O–H groups in total. The Labute approximate surface area is 253 Å². The second kappa shape index (κ2) is 12.4. The summed E-state index contributed by atoms with van der Waals surface area (Å²) in [7, 11) is 4.25. The van der Waals surface area contributed by atoms with Crippen molar-refractivity contribution in [2.24, 2.45) is 5.92 Å². The maximum absolute atomic E-state index is 16.2. The number of methoxy groups -OCH3 is 1. The minimum Gasteiger partial charge on any atom is -0.496 e. The number of hydrogen-bond acceptors (Lipinski definition) is 6. The number of anilines is 1. The lowest BCUT2D eigenvalue weighted by Gasteiger charge is -2.33. The van der Waals surface area contributed by atoms with E-state index in [0.717, 1.165) is 4.90 Å². The van der Waals surface area contributed by atoms with Gasteiger partial charge in [-0.2, -0.15) is 0 Å². The molecule has 2 saturated heterocycles. The molecule has 0 radical (unpaired) electrons. The number of nitrogens with zero attached hydrogens (tertiary/aromatic N) is 2. The number of ether oxygens (including phenoxy) is 1. The van der Waals surface area contributed by atoms with Crippen LogP contribution in [-0.2, 0) is 20.9 Å². The predicted octanol–water partition coefficient (Wildman–Crippen LogP) is 3.67. The van der Waals surface area contributed by atoms with Crippen LogP contribution < -0.4 is 20.7 Å². The van der Waals surface area contributed by atoms with Crippen molar-refractivity contribution >= 4 is 29.4 Å². The third-order valence-electron chi connectivity index (χ3n) is 8.13. The van der Waals surface area contributed by atoms with Gasteiger partial charge in [-0.25, -0.2) is 13.6 Å². The smallest absolute Gasteiger partial charge is 0.326 e. The Morgan fingerprint density at radius 3 is 2.45 bits per heavy atom. The van der Waals surface area contributed by atoms with Gasteiger partial charge in [-0.3, -0.25) is 19.3 Å². The summed E-state index contributed by atoms with van der Waals surface area (Å²) < 4.78 is 37.0. The van der Waals surface area contributed by atoms with E-state index in [1.165, 1.54) is 32.2 Å². The zero-order valence-electron chi connectivity index (χ0n) is 24.8. The van der Waals surface area contributed by atoms with E-state index < -0.39 is 35.4 Å². The summed E-state index contributed by atoms with van der Waals surface area (Å²) in [5.41, 5.74) is 2.37. The topological polar surface area (TPSA) is 120 Å². The second-order valence-electron chi connectivity index (χ2n) is 11.0. The van der Waals surface area contributed by atoms with E-state index in [2.05, 4.69) is 16.0 Å². The average Bonchev–Trinajstić information content (AvgIpc) is 3.43. The molecule has 3 aromatic carbocycles. The van der Waals surface area contributed by atoms with Crippen molar-refractivity contribution in [1.29, 1.82) is 0 Å². The standard InChI is InChI=1S/C32H33F2N5O5/c1-17-20(7-6-10-26(17)37-30(41)24-16-38(2)32(43)39(3)31(24)42)22-9-5-8-21(29(22)34)18-11-25(33)23(27(12-18)44-4)15-35-19-13-28(40)36-14-19/h5-12,19,24,35H,13-16H2,1-4H3,(H,36,40)(H,37,41)/t19-,24?/m0/s1. The van der Waals surface area contributed by atoms with Crippen molar-refractivity contribution in [1.82, 2.24) is 20.4 Å². The van der Waals surface area contributed by atoms with Crippen LogP contribution in [0.2, 0.25) is 0 Å². The first kappa shape index (κ1) is 30.6. The SMILES string of the molecule is COc1cc(-c2cccc(-c3cccc(NC(=O)C4CN(C)C(=O)N(C)C4=O)c3C)c2F)cc(F)c1CN[C@@H]1CNC(=O)C1. The predicted molar refractivity (Wildman–Crippen MR) is 160 cm³/mol. The highest BCUT2D eigenvalue weighted by Crippen LogP contribution is 2.37. The summed E-state index contributed by atoms with van der Waals surface area (Å²) in [6.07, 6.45) is 0.304. The Morgan fingerprint density at radius 1 is 1.05 bits per heavy atom. The number of carbonyl (C=O) groups is 4. The van der Waals surface area contributed by atoms with Crippen LogP contribution in [0, 0.1) is 24.5 Å². The summed E-state index contributed by atoms with van der Waals surface area (Å²) in [4.78, 5) is 51.5. The van der Waals surface area contributed by atoms with Crippen LogP contribution in [-0.4, -0.2) is 73.9 Å². The van der Waals surface area contributed by atoms with E-state index in [1.807, 2.05) is 0 Å². The number of urea groups is 1. The van der Waals surface area contributed by atoms with E-state index in [-0.39, 0.29) is 53.0 Å². The number of carbonyl (C=O) groups excluding carboxylic acids is 4. The van der Waals surface area contributed by atoms with E-state index in [1.54, 1.807) is 49.4 Å². The first-order valence-corrected chi connectivity index (χ1v) is 14.1. The lowest BCUT2D eigenvalue weighted by atomic mass is 9.93. The molecule has 0 saturated carbocycles. The molecule has 12 heteroatoms. The van der Waals surface area contributed by atoms with Crippen LogP contribution >= 0.6 is 0 Å². The van der Waals surface area contributed by atoms with Crippen LogP contribution in [0.15, 0.2) is 48.5 Å². The van der Waals surface area contributed by atoms with Gasteiger partial charge < -0.3 is 25.6 Å². The lowest BCUT2D eigenvalue weighted by molar-refractivity contribution is -0.140. The highest BCUT2D eigenvalue weighted by Gasteiger charge is 2.39. The van der Waals surface area contributed by atoms with Gasteiger partial charge in [-0.1, -0.05) is 30.3 Å². The first-order chi connectivity index (χ1) is 21.0. The average molecular weight is 606 g/mol. The fourth-order valence-electron chi connectivity index (χ4n) is 5.57. The largest absolute Gasteiger partial charge is 0.496 e. The fraction of sp³-hybridized carbons (Fsp3) is 0.312. The minimum absolute atomic E-state index is 0.0599. The van der Waals surface area contributed by atoms with E-state index in [4.69, 9.17) is 4.74 Å². The summed E-state index contributed by atoms with van der Waals surface area (Å²) in [5.74, 6) is -3.27. The van der Waals surface area contributed by atoms with Gasteiger partial charge in [0.1, 0.15) is 23.3 Å². The molecule has 44 heavy (non-hydrogen) atoms. The third kappa shape index (κ3) is 5.85. The number of hydrogen-bond donors (Lipinski definition) is 3. The molecule has 3 aromatic rings. The van der Waals surface area contributed by atoms with Crippen LogP contribution in [0.3, 0.4) is 0 Å². The minimum atomic E-state index is -1.09. The lowest BCUT2D eigenvalue weighted by Crippen LogP contribution is -2.56. The Balaban J connectivity index is 1.41. The van der Waals surface area contributed by atoms with Crippen molar-refractivity contribution in [3.8, 4) is 28.0 Å². The summed E-state index contributed by atoms with van der Waals surface area (Å²) >= 11 is 0. The van der Waals surface area contributed by atoms with Crippen LogP contribution in [0.5, 0.6) is 5.75 Å². The van der Waals surface area contributed by atoms with E-state index >= 15 is 8.78 Å². The molecule has 5 rings (SSSR count). The van der Waals surface area contributed by atoms with Gasteiger partial charge in [0.2, 0.25) is 17.7 Å². The molecule has 2 aliphatic heterocycles. The highest BCUT2D eigenvalue weighted by atomic mass is 19.1. The Bertz CT molecular complexity index is 1660. The molecule has 10 nitrogen and oxygen atoms in total. The molecule has 230 valence electrons. The van der Waals surface area contributed by atoms with Gasteiger partial charge in [0.25, 0.3) is 0 Å². The monoisotopic (exact) mass is 605 g/mol. The van der Waals surface area contributed by atoms with Crippen LogP contribution in [0.4, 0.5) is 19.3 Å². The van der Waals surface area contributed by atoms with Gasteiger partial charge in [-0.15, -0.1) is 0 Å². The van der Waals surface area contributed by atoms with Gasteiger partial charge in [0, 0.05) is 68.6 Å². The normalized spacial score (nSPS) is 18.5. The van der Waals surface area contributed by atoms with E-state index in [0.29, 0.717) is 29.8 Å². The summed E-state index contributed by atoms with van der Waals surface area (Å²) in [6, 6.07) is 12.0. The quantitative estimate of drug-likeness (QED) is 0.337. The molecule has 0 bridgehead atoms. The Morgan fingerprint density at radius 2 is 1.75 bits per heavy atom. The molecule has 2 heterocycles. The van der Waals surface area contributed by atoms with Crippen molar-refractivity contribution in [2.75, 3.05) is 39.6 Å². The zero-order chi connectivity index (χ0) is 31.7. The van der Waals surface area contributed by atoms with Gasteiger partial charge in [0.15, 0.2) is 0 Å². The molecule has 2 atom stereocenters. The highest BCUT2D eigenvalue weighted by molar-refractivity contribution is 6.12. The molecule has 1 unspecified atom stereocenters. The number of amides is 5. The van der Waals surface area contributed by atoms with E-state index in [9.17, 15) is 19.2 Å². The molecule has 0 aliphatic carbocycles. The molecule has 2 fully saturated rings. The van der Waals surface area contributed by atoms with Crippen LogP contribution in [0.25, 0.3) is 22.3 Å². The Kier molecular flexibility index (Phi) is 8.63. The van der Waals surface area contributed by atoms with Gasteiger partial charge in [0.05, 0.1) is 7.11 Å². The van der Waals surface area contributed by atoms with Crippen molar-refractivity contribution in [3.63, 3.8) is 0 Å². The van der Waals surface area contributed by atoms with Crippen molar-refractivity contribution in [2.45, 2.75) is 25.9 Å². The Hall–Kier alpha value is -4.84. The van der Waals surface area contributed by atoms with Crippen LogP contribution in [0.1, 0.15) is 17.5 Å². The number of rotatable bonds is 8. The molecular weight excluding hydrogens is 572 g/mol. The van der Waals surface area contributed by atoms with Gasteiger partial charge in [-0.05, 0) is 41.8 Å². The summed E-state index contributed by atoms with van der Waals surface area (Å²) in [5, 5.41) is 8.64. The molecular formula is C32H33F2N5O5. The third-order valence-corrected chi connectivity index (χ3v) is 8.13. The van der Waals surface area contributed by atoms with Crippen molar-refractivity contribution in [3.05, 3.63) is 71.3 Å². The van der Waals surface area contributed by atoms with Crippen molar-refractivity contribution < 1.29 is 32.7 Å². The summed E-state index contributed by atoms with van der Waals surface area (Å²) in [6.45, 7) is 2.25. The second-order valence-corrected chi connectivity index (χ2v) is 11.0. The maximum atomic E-state index is 16.2. The number of halogens is 2. The maximum Gasteiger partial charge on any atom is 0.326 e. The molecule has 2 aliphatic rings. The number of nitrogens with one attached hydrogen (secondary N) is 3. The fourth-order valence-corrected chi connectivity index (χ4v) is 5.57. The number of benzene rings is 3. The molecule has 0 aromatic heterocycles. The first-order valence-electron chi connectivity index (χ1n) is 14.1. The zero-order valence-corrected chi connectivity index (χ0v) is 24.8. The van der Waals surface area contributed by atoms with Gasteiger partial charge >= 0.3 is 6.03 Å². The molecule has 5 amide bonds. The number of imide groups is 1.